The van der Waals surface area contributed by atoms with Gasteiger partial charge in [0.05, 0.1) is 16.4 Å². The van der Waals surface area contributed by atoms with Crippen molar-refractivity contribution in [1.82, 2.24) is 24.4 Å². The molecule has 9 heteroatoms. The summed E-state index contributed by atoms with van der Waals surface area (Å²) in [6.45, 7) is 6.56. The lowest BCUT2D eigenvalue weighted by molar-refractivity contribution is 0.208. The van der Waals surface area contributed by atoms with Gasteiger partial charge >= 0.3 is 6.03 Å². The molecule has 0 saturated carbocycles. The van der Waals surface area contributed by atoms with E-state index in [4.69, 9.17) is 11.6 Å². The SMILES string of the molecule is Cc1ncn(-c2cc(N3CCN(C(=O)Nc4ccccc4Cl)CC3)ncn2)c1C. The van der Waals surface area contributed by atoms with E-state index in [1.807, 2.05) is 36.6 Å². The highest BCUT2D eigenvalue weighted by Crippen LogP contribution is 2.22. The number of para-hydroxylation sites is 1. The molecule has 1 fully saturated rings. The maximum Gasteiger partial charge on any atom is 0.322 e. The van der Waals surface area contributed by atoms with Crippen LogP contribution >= 0.6 is 11.6 Å². The Bertz CT molecular complexity index is 1030. The Balaban J connectivity index is 1.41. The number of hydrogen-bond donors (Lipinski definition) is 1. The fourth-order valence-electron chi connectivity index (χ4n) is 3.27. The zero-order valence-corrected chi connectivity index (χ0v) is 17.1. The van der Waals surface area contributed by atoms with Gasteiger partial charge in [-0.1, -0.05) is 23.7 Å². The number of amides is 2. The highest BCUT2D eigenvalue weighted by molar-refractivity contribution is 6.33. The fourth-order valence-corrected chi connectivity index (χ4v) is 3.45. The van der Waals surface area contributed by atoms with Gasteiger partial charge < -0.3 is 15.1 Å². The van der Waals surface area contributed by atoms with E-state index in [0.29, 0.717) is 36.9 Å². The summed E-state index contributed by atoms with van der Waals surface area (Å²) in [6, 6.07) is 9.03. The van der Waals surface area contributed by atoms with E-state index in [2.05, 4.69) is 25.2 Å². The summed E-state index contributed by atoms with van der Waals surface area (Å²) < 4.78 is 1.95. The van der Waals surface area contributed by atoms with Gasteiger partial charge in [-0.05, 0) is 26.0 Å². The summed E-state index contributed by atoms with van der Waals surface area (Å²) in [4.78, 5) is 29.6. The van der Waals surface area contributed by atoms with Crippen molar-refractivity contribution < 1.29 is 4.79 Å². The molecule has 2 amide bonds. The molecule has 0 bridgehead atoms. The molecule has 29 heavy (non-hydrogen) atoms. The number of benzene rings is 1. The maximum atomic E-state index is 12.5. The number of hydrogen-bond acceptors (Lipinski definition) is 5. The number of aromatic nitrogens is 4. The molecule has 150 valence electrons. The Morgan fingerprint density at radius 3 is 2.45 bits per heavy atom. The van der Waals surface area contributed by atoms with Crippen molar-refractivity contribution in [1.29, 1.82) is 0 Å². The molecular formula is C20H22ClN7O. The van der Waals surface area contributed by atoms with Crippen molar-refractivity contribution in [2.75, 3.05) is 36.4 Å². The second-order valence-corrected chi connectivity index (χ2v) is 7.31. The third kappa shape index (κ3) is 4.02. The van der Waals surface area contributed by atoms with Crippen LogP contribution in [0, 0.1) is 13.8 Å². The fraction of sp³-hybridized carbons (Fsp3) is 0.300. The van der Waals surface area contributed by atoms with Gasteiger partial charge in [0.25, 0.3) is 0 Å². The first kappa shape index (κ1) is 19.2. The molecule has 3 aromatic rings. The van der Waals surface area contributed by atoms with E-state index in [0.717, 1.165) is 23.0 Å². The first-order chi connectivity index (χ1) is 14.0. The van der Waals surface area contributed by atoms with Crippen LogP contribution in [0.2, 0.25) is 5.02 Å². The van der Waals surface area contributed by atoms with E-state index in [1.54, 1.807) is 29.7 Å². The van der Waals surface area contributed by atoms with E-state index < -0.39 is 0 Å². The van der Waals surface area contributed by atoms with Crippen molar-refractivity contribution in [2.24, 2.45) is 0 Å². The number of nitrogens with one attached hydrogen (secondary N) is 1. The smallest absolute Gasteiger partial charge is 0.322 e. The molecule has 0 unspecified atom stereocenters. The highest BCUT2D eigenvalue weighted by atomic mass is 35.5. The molecule has 0 radical (unpaired) electrons. The number of anilines is 2. The number of rotatable bonds is 3. The molecule has 1 N–H and O–H groups in total. The van der Waals surface area contributed by atoms with Crippen LogP contribution in [0.1, 0.15) is 11.4 Å². The summed E-state index contributed by atoms with van der Waals surface area (Å²) in [7, 11) is 0. The van der Waals surface area contributed by atoms with Gasteiger partial charge in [0.1, 0.15) is 24.3 Å². The largest absolute Gasteiger partial charge is 0.353 e. The number of piperazine rings is 1. The third-order valence-electron chi connectivity index (χ3n) is 5.14. The van der Waals surface area contributed by atoms with Crippen LogP contribution in [-0.4, -0.2) is 56.6 Å². The number of urea groups is 1. The Morgan fingerprint density at radius 1 is 1.03 bits per heavy atom. The number of halogens is 1. The zero-order valence-electron chi connectivity index (χ0n) is 16.3. The minimum atomic E-state index is -0.148. The molecule has 4 rings (SSSR count). The average molecular weight is 412 g/mol. The van der Waals surface area contributed by atoms with Crippen LogP contribution in [-0.2, 0) is 0 Å². The van der Waals surface area contributed by atoms with Crippen molar-refractivity contribution in [3.63, 3.8) is 0 Å². The first-order valence-corrected chi connectivity index (χ1v) is 9.79. The molecule has 0 aliphatic carbocycles. The van der Waals surface area contributed by atoms with Crippen LogP contribution < -0.4 is 10.2 Å². The van der Waals surface area contributed by atoms with Crippen molar-refractivity contribution >= 4 is 29.1 Å². The van der Waals surface area contributed by atoms with Crippen LogP contribution in [0.4, 0.5) is 16.3 Å². The Kier molecular flexibility index (Phi) is 5.35. The van der Waals surface area contributed by atoms with Crippen molar-refractivity contribution in [3.05, 3.63) is 59.4 Å². The predicted molar refractivity (Wildman–Crippen MR) is 113 cm³/mol. The minimum Gasteiger partial charge on any atom is -0.353 e. The predicted octanol–water partition coefficient (Wildman–Crippen LogP) is 3.29. The van der Waals surface area contributed by atoms with Gasteiger partial charge in [-0.25, -0.2) is 19.7 Å². The van der Waals surface area contributed by atoms with Crippen molar-refractivity contribution in [3.8, 4) is 5.82 Å². The molecular weight excluding hydrogens is 390 g/mol. The number of nitrogens with zero attached hydrogens (tertiary/aromatic N) is 6. The standard InChI is InChI=1S/C20H22ClN7O/c1-14-15(2)28(13-24-14)19-11-18(22-12-23-19)26-7-9-27(10-8-26)20(29)25-17-6-4-3-5-16(17)21/h3-6,11-13H,7-10H2,1-2H3,(H,25,29). The van der Waals surface area contributed by atoms with Crippen molar-refractivity contribution in [2.45, 2.75) is 13.8 Å². The monoisotopic (exact) mass is 411 g/mol. The molecule has 1 aromatic carbocycles. The van der Waals surface area contributed by atoms with E-state index in [1.165, 1.54) is 0 Å². The highest BCUT2D eigenvalue weighted by Gasteiger charge is 2.23. The number of carbonyl (C=O) groups is 1. The Hall–Kier alpha value is -3.13. The van der Waals surface area contributed by atoms with Gasteiger partial charge in [-0.15, -0.1) is 0 Å². The number of imidazole rings is 1. The lowest BCUT2D eigenvalue weighted by atomic mass is 10.3. The zero-order chi connectivity index (χ0) is 20.4. The molecule has 1 aliphatic heterocycles. The van der Waals surface area contributed by atoms with Crippen LogP contribution in [0.5, 0.6) is 0 Å². The minimum absolute atomic E-state index is 0.148. The molecule has 8 nitrogen and oxygen atoms in total. The van der Waals surface area contributed by atoms with E-state index >= 15 is 0 Å². The number of aryl methyl sites for hydroxylation is 1. The molecule has 0 atom stereocenters. The Morgan fingerprint density at radius 2 is 1.76 bits per heavy atom. The van der Waals surface area contributed by atoms with Gasteiger partial charge in [-0.2, -0.15) is 0 Å². The second-order valence-electron chi connectivity index (χ2n) is 6.90. The maximum absolute atomic E-state index is 12.5. The summed E-state index contributed by atoms with van der Waals surface area (Å²) in [5, 5.41) is 3.40. The normalized spacial score (nSPS) is 14.2. The van der Waals surface area contributed by atoms with Gasteiger partial charge in [0, 0.05) is 37.9 Å². The lowest BCUT2D eigenvalue weighted by Crippen LogP contribution is -2.50. The number of carbonyl (C=O) groups excluding carboxylic acids is 1. The summed E-state index contributed by atoms with van der Waals surface area (Å²) in [5.41, 5.74) is 2.65. The topological polar surface area (TPSA) is 79.2 Å². The Labute approximate surface area is 174 Å². The first-order valence-electron chi connectivity index (χ1n) is 9.41. The molecule has 0 spiro atoms. The van der Waals surface area contributed by atoms with E-state index in [-0.39, 0.29) is 6.03 Å². The van der Waals surface area contributed by atoms with Gasteiger partial charge in [-0.3, -0.25) is 4.57 Å². The van der Waals surface area contributed by atoms with Crippen LogP contribution in [0.25, 0.3) is 5.82 Å². The average Bonchev–Trinajstić information content (AvgIpc) is 3.08. The summed E-state index contributed by atoms with van der Waals surface area (Å²) in [5.74, 6) is 1.62. The van der Waals surface area contributed by atoms with Crippen LogP contribution in [0.3, 0.4) is 0 Å². The molecule has 1 aliphatic rings. The lowest BCUT2D eigenvalue weighted by Gasteiger charge is -2.35. The van der Waals surface area contributed by atoms with Gasteiger partial charge in [0.2, 0.25) is 0 Å². The molecule has 2 aromatic heterocycles. The van der Waals surface area contributed by atoms with Crippen LogP contribution in [0.15, 0.2) is 43.0 Å². The van der Waals surface area contributed by atoms with Gasteiger partial charge in [0.15, 0.2) is 0 Å². The quantitative estimate of drug-likeness (QED) is 0.715. The molecule has 3 heterocycles. The summed E-state index contributed by atoms with van der Waals surface area (Å²) in [6.07, 6.45) is 3.34. The second kappa shape index (κ2) is 8.08. The molecule has 1 saturated heterocycles. The van der Waals surface area contributed by atoms with E-state index in [9.17, 15) is 4.79 Å². The summed E-state index contributed by atoms with van der Waals surface area (Å²) >= 11 is 6.13. The third-order valence-corrected chi connectivity index (χ3v) is 5.47.